The fraction of sp³-hybridized carbons (Fsp3) is 0.300. The molecule has 2 aromatic carbocycles. The predicted octanol–water partition coefficient (Wildman–Crippen LogP) is 3.96. The number of anilines is 2. The number of ether oxygens (including phenoxy) is 1. The monoisotopic (exact) mass is 372 g/mol. The van der Waals surface area contributed by atoms with Gasteiger partial charge in [0.15, 0.2) is 0 Å². The summed E-state index contributed by atoms with van der Waals surface area (Å²) < 4.78 is 5.36. The highest BCUT2D eigenvalue weighted by atomic mass is 32.2. The second-order valence-corrected chi connectivity index (χ2v) is 6.58. The van der Waals surface area contributed by atoms with Gasteiger partial charge >= 0.3 is 0 Å². The van der Waals surface area contributed by atoms with Gasteiger partial charge in [0.25, 0.3) is 0 Å². The number of thioether (sulfide) groups is 1. The SMILES string of the molecule is CCOc1ccc(NC(=O)CSCC(=O)Nc2ccc(CC)cc2)cc1. The van der Waals surface area contributed by atoms with Crippen LogP contribution in [0.15, 0.2) is 48.5 Å². The minimum atomic E-state index is -0.140. The van der Waals surface area contributed by atoms with E-state index >= 15 is 0 Å². The summed E-state index contributed by atoms with van der Waals surface area (Å²) in [6, 6.07) is 15.0. The van der Waals surface area contributed by atoms with Crippen molar-refractivity contribution in [3.8, 4) is 5.75 Å². The smallest absolute Gasteiger partial charge is 0.234 e. The summed E-state index contributed by atoms with van der Waals surface area (Å²) in [7, 11) is 0. The van der Waals surface area contributed by atoms with Gasteiger partial charge < -0.3 is 15.4 Å². The zero-order valence-corrected chi connectivity index (χ0v) is 15.9. The van der Waals surface area contributed by atoms with Crippen molar-refractivity contribution in [2.24, 2.45) is 0 Å². The van der Waals surface area contributed by atoms with Crippen LogP contribution in [0.1, 0.15) is 19.4 Å². The van der Waals surface area contributed by atoms with E-state index in [0.29, 0.717) is 12.3 Å². The van der Waals surface area contributed by atoms with Crippen molar-refractivity contribution in [1.82, 2.24) is 0 Å². The van der Waals surface area contributed by atoms with Gasteiger partial charge in [0.05, 0.1) is 18.1 Å². The van der Waals surface area contributed by atoms with Crippen molar-refractivity contribution < 1.29 is 14.3 Å². The summed E-state index contributed by atoms with van der Waals surface area (Å²) in [5, 5.41) is 5.63. The van der Waals surface area contributed by atoms with Gasteiger partial charge in [-0.05, 0) is 55.3 Å². The minimum absolute atomic E-state index is 0.117. The fourth-order valence-corrected chi connectivity index (χ4v) is 2.87. The molecule has 2 aromatic rings. The predicted molar refractivity (Wildman–Crippen MR) is 108 cm³/mol. The van der Waals surface area contributed by atoms with Gasteiger partial charge in [-0.2, -0.15) is 0 Å². The third kappa shape index (κ3) is 6.80. The molecule has 0 aliphatic heterocycles. The quantitative estimate of drug-likeness (QED) is 0.699. The lowest BCUT2D eigenvalue weighted by atomic mass is 10.1. The van der Waals surface area contributed by atoms with E-state index in [9.17, 15) is 9.59 Å². The van der Waals surface area contributed by atoms with Gasteiger partial charge in [-0.3, -0.25) is 9.59 Å². The number of aryl methyl sites for hydroxylation is 1. The molecular weight excluding hydrogens is 348 g/mol. The molecule has 0 fully saturated rings. The Morgan fingerprint density at radius 1 is 0.846 bits per heavy atom. The van der Waals surface area contributed by atoms with E-state index in [4.69, 9.17) is 4.74 Å². The van der Waals surface area contributed by atoms with Gasteiger partial charge in [0, 0.05) is 11.4 Å². The van der Waals surface area contributed by atoms with E-state index in [1.165, 1.54) is 17.3 Å². The summed E-state index contributed by atoms with van der Waals surface area (Å²) in [6.07, 6.45) is 0.966. The van der Waals surface area contributed by atoms with Crippen molar-refractivity contribution >= 4 is 35.0 Å². The van der Waals surface area contributed by atoms with Crippen LogP contribution in [0.25, 0.3) is 0 Å². The maximum atomic E-state index is 11.9. The first kappa shape index (κ1) is 19.8. The molecule has 6 heteroatoms. The zero-order chi connectivity index (χ0) is 18.8. The molecule has 0 saturated carbocycles. The number of amides is 2. The first-order chi connectivity index (χ1) is 12.6. The molecule has 0 radical (unpaired) electrons. The lowest BCUT2D eigenvalue weighted by Gasteiger charge is -2.08. The summed E-state index contributed by atoms with van der Waals surface area (Å²) in [5.41, 5.74) is 2.70. The Bertz CT molecular complexity index is 715. The zero-order valence-electron chi connectivity index (χ0n) is 15.1. The van der Waals surface area contributed by atoms with Crippen LogP contribution in [0.3, 0.4) is 0 Å². The largest absolute Gasteiger partial charge is 0.494 e. The van der Waals surface area contributed by atoms with E-state index in [-0.39, 0.29) is 23.3 Å². The van der Waals surface area contributed by atoms with Crippen LogP contribution in [0.4, 0.5) is 11.4 Å². The molecule has 2 N–H and O–H groups in total. The number of benzene rings is 2. The number of rotatable bonds is 9. The van der Waals surface area contributed by atoms with Crippen molar-refractivity contribution in [2.45, 2.75) is 20.3 Å². The molecule has 26 heavy (non-hydrogen) atoms. The second-order valence-electron chi connectivity index (χ2n) is 5.60. The average Bonchev–Trinajstić information content (AvgIpc) is 2.64. The fourth-order valence-electron chi connectivity index (χ4n) is 2.26. The Morgan fingerprint density at radius 3 is 1.81 bits per heavy atom. The first-order valence-electron chi connectivity index (χ1n) is 8.60. The molecule has 0 aliphatic rings. The van der Waals surface area contributed by atoms with Crippen LogP contribution >= 0.6 is 11.8 Å². The molecule has 0 atom stereocenters. The molecule has 2 rings (SSSR count). The van der Waals surface area contributed by atoms with Crippen LogP contribution < -0.4 is 15.4 Å². The molecule has 5 nitrogen and oxygen atoms in total. The molecular formula is C20H24N2O3S. The average molecular weight is 372 g/mol. The maximum absolute atomic E-state index is 11.9. The molecule has 0 saturated heterocycles. The number of carbonyl (C=O) groups is 2. The molecule has 138 valence electrons. The second kappa shape index (κ2) is 10.5. The highest BCUT2D eigenvalue weighted by Gasteiger charge is 2.07. The molecule has 0 unspecified atom stereocenters. The van der Waals surface area contributed by atoms with Gasteiger partial charge in [-0.15, -0.1) is 11.8 Å². The minimum Gasteiger partial charge on any atom is -0.494 e. The summed E-state index contributed by atoms with van der Waals surface area (Å²) in [6.45, 7) is 4.61. The van der Waals surface area contributed by atoms with Crippen molar-refractivity contribution in [3.63, 3.8) is 0 Å². The van der Waals surface area contributed by atoms with Crippen molar-refractivity contribution in [3.05, 3.63) is 54.1 Å². The Balaban J connectivity index is 1.69. The van der Waals surface area contributed by atoms with Gasteiger partial charge in [0.2, 0.25) is 11.8 Å². The van der Waals surface area contributed by atoms with Crippen LogP contribution in [0, 0.1) is 0 Å². The third-order valence-corrected chi connectivity index (χ3v) is 4.49. The van der Waals surface area contributed by atoms with Crippen molar-refractivity contribution in [1.29, 1.82) is 0 Å². The topological polar surface area (TPSA) is 67.4 Å². The lowest BCUT2D eigenvalue weighted by molar-refractivity contribution is -0.114. The Kier molecular flexibility index (Phi) is 8.02. The Hall–Kier alpha value is -2.47. The van der Waals surface area contributed by atoms with E-state index < -0.39 is 0 Å². The Morgan fingerprint density at radius 2 is 1.35 bits per heavy atom. The van der Waals surface area contributed by atoms with E-state index in [1.807, 2.05) is 43.3 Å². The molecule has 0 heterocycles. The van der Waals surface area contributed by atoms with Crippen LogP contribution in [0.5, 0.6) is 5.75 Å². The number of hydrogen-bond donors (Lipinski definition) is 2. The molecule has 0 spiro atoms. The number of carbonyl (C=O) groups excluding carboxylic acids is 2. The van der Waals surface area contributed by atoms with Crippen LogP contribution in [-0.4, -0.2) is 29.9 Å². The van der Waals surface area contributed by atoms with Gasteiger partial charge in [0.1, 0.15) is 5.75 Å². The van der Waals surface area contributed by atoms with Gasteiger partial charge in [-0.1, -0.05) is 19.1 Å². The van der Waals surface area contributed by atoms with E-state index in [0.717, 1.165) is 17.9 Å². The normalized spacial score (nSPS) is 10.2. The molecule has 0 bridgehead atoms. The molecule has 0 aliphatic carbocycles. The molecule has 2 amide bonds. The van der Waals surface area contributed by atoms with Gasteiger partial charge in [-0.25, -0.2) is 0 Å². The summed E-state index contributed by atoms with van der Waals surface area (Å²) >= 11 is 1.28. The standard InChI is InChI=1S/C20H24N2O3S/c1-3-15-5-7-16(8-6-15)21-19(23)13-26-14-20(24)22-17-9-11-18(12-10-17)25-4-2/h5-12H,3-4,13-14H2,1-2H3,(H,21,23)(H,22,24). The summed E-state index contributed by atoms with van der Waals surface area (Å²) in [5.74, 6) is 0.956. The van der Waals surface area contributed by atoms with Crippen molar-refractivity contribution in [2.75, 3.05) is 28.7 Å². The van der Waals surface area contributed by atoms with E-state index in [2.05, 4.69) is 17.6 Å². The third-order valence-electron chi connectivity index (χ3n) is 3.56. The first-order valence-corrected chi connectivity index (χ1v) is 9.75. The van der Waals surface area contributed by atoms with Crippen LogP contribution in [-0.2, 0) is 16.0 Å². The Labute approximate surface area is 158 Å². The maximum Gasteiger partial charge on any atom is 0.234 e. The summed E-state index contributed by atoms with van der Waals surface area (Å²) in [4.78, 5) is 23.9. The van der Waals surface area contributed by atoms with Crippen LogP contribution in [0.2, 0.25) is 0 Å². The highest BCUT2D eigenvalue weighted by molar-refractivity contribution is 8.00. The van der Waals surface area contributed by atoms with E-state index in [1.54, 1.807) is 12.1 Å². The number of hydrogen-bond acceptors (Lipinski definition) is 4. The molecule has 0 aromatic heterocycles. The lowest BCUT2D eigenvalue weighted by Crippen LogP contribution is -2.18. The number of nitrogens with one attached hydrogen (secondary N) is 2. The highest BCUT2D eigenvalue weighted by Crippen LogP contribution is 2.16.